The summed E-state index contributed by atoms with van der Waals surface area (Å²) >= 11 is 0. The topological polar surface area (TPSA) is 52.6 Å². The van der Waals surface area contributed by atoms with Crippen LogP contribution in [0.2, 0.25) is 0 Å². The molecule has 0 N–H and O–H groups in total. The van der Waals surface area contributed by atoms with E-state index in [-0.39, 0.29) is 71.3 Å². The molecule has 6 heteroatoms. The quantitative estimate of drug-likeness (QED) is 0.242. The molecule has 3 fully saturated rings. The number of carbonyl (C=O) groups is 2. The van der Waals surface area contributed by atoms with Crippen LogP contribution in [0, 0.1) is 10.8 Å². The van der Waals surface area contributed by atoms with E-state index < -0.39 is 22.8 Å². The Hall–Kier alpha value is 1.10. The summed E-state index contributed by atoms with van der Waals surface area (Å²) in [6.07, 6.45) is 1.46. The average molecular weight is 242 g/mol. The molecule has 0 aliphatic carbocycles. The zero-order chi connectivity index (χ0) is 10.1. The fraction of sp³-hybridized carbons (Fsp3) is 0.800. The molecule has 3 saturated heterocycles. The van der Waals surface area contributed by atoms with Crippen molar-refractivity contribution in [3.8, 4) is 0 Å². The molecule has 3 aliphatic rings. The molecule has 0 radical (unpaired) electrons. The van der Waals surface area contributed by atoms with Crippen molar-refractivity contribution in [3.05, 3.63) is 0 Å². The number of hydrogen-bond donors (Lipinski definition) is 0. The third kappa shape index (κ3) is 1.35. The van der Waals surface area contributed by atoms with Gasteiger partial charge in [0.2, 0.25) is 0 Å². The Balaban J connectivity index is 0.000000640. The number of cyclic esters (lactones) is 2. The minimum Gasteiger partial charge on any atom is -0.392 e. The molecule has 0 aromatic carbocycles. The number of carbonyl (C=O) groups excluding carboxylic acids is 2. The van der Waals surface area contributed by atoms with Crippen molar-refractivity contribution in [2.75, 3.05) is 0 Å². The first-order valence-electron chi connectivity index (χ1n) is 4.93. The van der Waals surface area contributed by atoms with Crippen LogP contribution in [0.5, 0.6) is 0 Å². The van der Waals surface area contributed by atoms with Crippen LogP contribution in [0.15, 0.2) is 0 Å². The molecule has 4 nitrogen and oxygen atoms in total. The van der Waals surface area contributed by atoms with Crippen molar-refractivity contribution in [3.63, 3.8) is 0 Å². The molecule has 3 rings (SSSR count). The van der Waals surface area contributed by atoms with Gasteiger partial charge in [0.05, 0.1) is 12.2 Å². The van der Waals surface area contributed by atoms with E-state index in [0.29, 0.717) is 0 Å². The van der Waals surface area contributed by atoms with Crippen molar-refractivity contribution in [1.82, 2.24) is 0 Å². The molecule has 0 aromatic heterocycles. The van der Waals surface area contributed by atoms with Gasteiger partial charge in [0.25, 0.3) is 0 Å². The maximum Gasteiger partial charge on any atom is 1.00 e. The van der Waals surface area contributed by atoms with Crippen LogP contribution in [0.25, 0.3) is 0 Å². The van der Waals surface area contributed by atoms with Gasteiger partial charge in [-0.2, -0.15) is 0 Å². The van der Waals surface area contributed by atoms with Gasteiger partial charge in [-0.15, -0.1) is 0 Å². The summed E-state index contributed by atoms with van der Waals surface area (Å²) in [5.41, 5.74) is -1.49. The van der Waals surface area contributed by atoms with Crippen LogP contribution in [0.4, 0.5) is 0 Å². The molecule has 16 heavy (non-hydrogen) atoms. The summed E-state index contributed by atoms with van der Waals surface area (Å²) in [5.74, 6) is -0.811. The molecule has 2 bridgehead atoms. The number of fused-ring (bicyclic) bond motifs is 5. The second-order valence-electron chi connectivity index (χ2n) is 4.77. The van der Waals surface area contributed by atoms with Crippen molar-refractivity contribution in [1.29, 1.82) is 0 Å². The number of esters is 2. The fourth-order valence-electron chi connectivity index (χ4n) is 3.14. The molecule has 2 unspecified atom stereocenters. The Kier molecular flexibility index (Phi) is 4.11. The van der Waals surface area contributed by atoms with E-state index >= 15 is 0 Å². The standard InChI is InChI=1S/C10H12O4.2Na/c1-9-5-3-4-6(13-5)10(9,2)8(12)14-7(9)11;;/h5-6H,3-4H2,1-2H3;;/q;2*+1/t5?,6?,9-,10+;;. The minimum absolute atomic E-state index is 0. The van der Waals surface area contributed by atoms with Gasteiger partial charge in [-0.25, -0.2) is 0 Å². The Morgan fingerprint density at radius 2 is 1.38 bits per heavy atom. The van der Waals surface area contributed by atoms with E-state index in [1.807, 2.05) is 0 Å². The molecular weight excluding hydrogens is 230 g/mol. The Labute approximate surface area is 138 Å². The number of hydrogen-bond acceptors (Lipinski definition) is 4. The zero-order valence-corrected chi connectivity index (χ0v) is 14.2. The van der Waals surface area contributed by atoms with Gasteiger partial charge in [0, 0.05) is 0 Å². The minimum atomic E-state index is -0.743. The summed E-state index contributed by atoms with van der Waals surface area (Å²) in [6, 6.07) is 0. The van der Waals surface area contributed by atoms with E-state index in [4.69, 9.17) is 9.47 Å². The maximum atomic E-state index is 11.7. The SMILES string of the molecule is C[C@@]12C(=O)OC(=O)[C@]1(C)C1CCC2O1.[Na+].[Na+]. The molecule has 0 saturated carbocycles. The Bertz CT molecular complexity index is 327. The van der Waals surface area contributed by atoms with Crippen molar-refractivity contribution in [2.24, 2.45) is 10.8 Å². The molecule has 3 heterocycles. The fourth-order valence-corrected chi connectivity index (χ4v) is 3.14. The molecular formula is C10H12Na2O4+2. The van der Waals surface area contributed by atoms with Gasteiger partial charge < -0.3 is 9.47 Å². The summed E-state index contributed by atoms with van der Waals surface area (Å²) < 4.78 is 10.4. The van der Waals surface area contributed by atoms with E-state index in [0.717, 1.165) is 12.8 Å². The third-order valence-corrected chi connectivity index (χ3v) is 4.42. The predicted molar refractivity (Wildman–Crippen MR) is 45.2 cm³/mol. The first-order valence-corrected chi connectivity index (χ1v) is 4.93. The van der Waals surface area contributed by atoms with Gasteiger partial charge in [-0.3, -0.25) is 9.59 Å². The van der Waals surface area contributed by atoms with Gasteiger partial charge in [0.1, 0.15) is 10.8 Å². The molecule has 0 aromatic rings. The van der Waals surface area contributed by atoms with Gasteiger partial charge in [0.15, 0.2) is 0 Å². The van der Waals surface area contributed by atoms with E-state index in [1.54, 1.807) is 13.8 Å². The second kappa shape index (κ2) is 4.34. The Morgan fingerprint density at radius 1 is 1.00 bits per heavy atom. The molecule has 0 spiro atoms. The van der Waals surface area contributed by atoms with E-state index in [9.17, 15) is 9.59 Å². The smallest absolute Gasteiger partial charge is 0.392 e. The van der Waals surface area contributed by atoms with Gasteiger partial charge in [-0.05, 0) is 26.7 Å². The average Bonchev–Trinajstić information content (AvgIpc) is 2.73. The number of rotatable bonds is 0. The first-order chi connectivity index (χ1) is 6.51. The van der Waals surface area contributed by atoms with E-state index in [2.05, 4.69) is 0 Å². The second-order valence-corrected chi connectivity index (χ2v) is 4.77. The first kappa shape index (κ1) is 15.2. The van der Waals surface area contributed by atoms with Gasteiger partial charge >= 0.3 is 71.1 Å². The van der Waals surface area contributed by atoms with Crippen LogP contribution >= 0.6 is 0 Å². The van der Waals surface area contributed by atoms with Crippen molar-refractivity contribution >= 4 is 11.9 Å². The normalized spacial score (nSPS) is 48.1. The van der Waals surface area contributed by atoms with Crippen molar-refractivity contribution in [2.45, 2.75) is 38.9 Å². The monoisotopic (exact) mass is 242 g/mol. The number of ether oxygens (including phenoxy) is 2. The summed E-state index contributed by atoms with van der Waals surface area (Å²) in [5, 5.41) is 0. The summed E-state index contributed by atoms with van der Waals surface area (Å²) in [6.45, 7) is 3.59. The molecule has 3 aliphatic heterocycles. The zero-order valence-electron chi connectivity index (χ0n) is 10.2. The molecule has 76 valence electrons. The van der Waals surface area contributed by atoms with Crippen LogP contribution in [0.3, 0.4) is 0 Å². The largest absolute Gasteiger partial charge is 1.00 e. The third-order valence-electron chi connectivity index (χ3n) is 4.42. The predicted octanol–water partition coefficient (Wildman–Crippen LogP) is -5.35. The van der Waals surface area contributed by atoms with Crippen molar-refractivity contribution < 1.29 is 78.2 Å². The van der Waals surface area contributed by atoms with Crippen LogP contribution in [0.1, 0.15) is 26.7 Å². The van der Waals surface area contributed by atoms with Crippen LogP contribution in [-0.4, -0.2) is 24.1 Å². The van der Waals surface area contributed by atoms with E-state index in [1.165, 1.54) is 0 Å². The Morgan fingerprint density at radius 3 is 1.75 bits per heavy atom. The molecule has 0 amide bonds. The summed E-state index contributed by atoms with van der Waals surface area (Å²) in [7, 11) is 0. The van der Waals surface area contributed by atoms with Gasteiger partial charge in [-0.1, -0.05) is 0 Å². The maximum absolute atomic E-state index is 11.7. The van der Waals surface area contributed by atoms with Crippen LogP contribution < -0.4 is 59.1 Å². The molecule has 4 atom stereocenters. The van der Waals surface area contributed by atoms with Crippen LogP contribution in [-0.2, 0) is 19.1 Å². The summed E-state index contributed by atoms with van der Waals surface area (Å²) in [4.78, 5) is 23.3.